The van der Waals surface area contributed by atoms with E-state index < -0.39 is 21.6 Å². The quantitative estimate of drug-likeness (QED) is 0.433. The number of hydrogen-bond acceptors (Lipinski definition) is 6. The Labute approximate surface area is 174 Å². The van der Waals surface area contributed by atoms with Crippen molar-refractivity contribution in [1.29, 1.82) is 0 Å². The van der Waals surface area contributed by atoms with Crippen LogP contribution in [0.15, 0.2) is 59.8 Å². The van der Waals surface area contributed by atoms with Crippen molar-refractivity contribution in [1.82, 2.24) is 9.97 Å². The van der Waals surface area contributed by atoms with Crippen molar-refractivity contribution >= 4 is 15.8 Å². The molecule has 0 bridgehead atoms. The van der Waals surface area contributed by atoms with Gasteiger partial charge in [-0.25, -0.2) is 27.6 Å². The third-order valence-electron chi connectivity index (χ3n) is 4.45. The zero-order valence-corrected chi connectivity index (χ0v) is 17.6. The van der Waals surface area contributed by atoms with Crippen LogP contribution in [-0.2, 0) is 20.3 Å². The van der Waals surface area contributed by atoms with Crippen molar-refractivity contribution in [3.63, 3.8) is 0 Å². The second-order valence-corrected chi connectivity index (χ2v) is 8.90. The van der Waals surface area contributed by atoms with Crippen LogP contribution in [0.5, 0.6) is 0 Å². The number of aromatic nitrogens is 2. The Morgan fingerprint density at radius 2 is 1.67 bits per heavy atom. The molecule has 0 aliphatic rings. The van der Waals surface area contributed by atoms with Crippen LogP contribution in [0.1, 0.15) is 41.4 Å². The first-order valence-electron chi connectivity index (χ1n) is 9.26. The average Bonchev–Trinajstić information content (AvgIpc) is 2.73. The van der Waals surface area contributed by atoms with Gasteiger partial charge >= 0.3 is 5.97 Å². The Morgan fingerprint density at radius 1 is 1.03 bits per heavy atom. The van der Waals surface area contributed by atoms with Gasteiger partial charge in [0.2, 0.25) is 15.0 Å². The Kier molecular flexibility index (Phi) is 6.26. The Hall–Kier alpha value is -3.13. The molecule has 3 rings (SSSR count). The van der Waals surface area contributed by atoms with Crippen molar-refractivity contribution in [3.8, 4) is 11.3 Å². The van der Waals surface area contributed by atoms with Gasteiger partial charge in [-0.2, -0.15) is 0 Å². The van der Waals surface area contributed by atoms with Crippen LogP contribution in [0.4, 0.5) is 4.39 Å². The number of benzene rings is 2. The maximum atomic E-state index is 13.4. The summed E-state index contributed by atoms with van der Waals surface area (Å²) in [4.78, 5) is 21.0. The van der Waals surface area contributed by atoms with E-state index in [9.17, 15) is 17.6 Å². The van der Waals surface area contributed by atoms with Crippen molar-refractivity contribution in [2.45, 2.75) is 30.7 Å². The predicted octanol–water partition coefficient (Wildman–Crippen LogP) is 4.17. The Balaban J connectivity index is 2.25. The number of carbonyl (C=O) groups excluding carboxylic acids is 1. The highest BCUT2D eigenvalue weighted by Gasteiger charge is 2.28. The molecule has 0 saturated heterocycles. The van der Waals surface area contributed by atoms with E-state index in [2.05, 4.69) is 9.97 Å². The van der Waals surface area contributed by atoms with Gasteiger partial charge in [0.15, 0.2) is 0 Å². The zero-order valence-electron chi connectivity index (χ0n) is 16.8. The normalized spacial score (nSPS) is 11.5. The fraction of sp³-hybridized carbons (Fsp3) is 0.227. The Bertz CT molecular complexity index is 1160. The molecule has 0 amide bonds. The molecule has 0 saturated carbocycles. The van der Waals surface area contributed by atoms with Crippen molar-refractivity contribution in [2.24, 2.45) is 0 Å². The second kappa shape index (κ2) is 8.71. The summed E-state index contributed by atoms with van der Waals surface area (Å²) in [6.45, 7) is 3.58. The van der Waals surface area contributed by atoms with E-state index in [0.717, 1.165) is 0 Å². The smallest absolute Gasteiger partial charge is 0.341 e. The molecule has 0 radical (unpaired) electrons. The molecule has 8 heteroatoms. The predicted molar refractivity (Wildman–Crippen MR) is 110 cm³/mol. The molecule has 1 heterocycles. The topological polar surface area (TPSA) is 86.2 Å². The first-order chi connectivity index (χ1) is 14.2. The molecule has 0 unspecified atom stereocenters. The number of rotatable bonds is 6. The lowest BCUT2D eigenvalue weighted by Gasteiger charge is -2.16. The number of halogens is 1. The lowest BCUT2D eigenvalue weighted by Crippen LogP contribution is -2.18. The summed E-state index contributed by atoms with van der Waals surface area (Å²) in [6.07, 6.45) is 0. The number of ether oxygens (including phenoxy) is 1. The maximum Gasteiger partial charge on any atom is 0.341 e. The molecule has 2 aromatic carbocycles. The minimum absolute atomic E-state index is 0.0674. The monoisotopic (exact) mass is 428 g/mol. The highest BCUT2D eigenvalue weighted by molar-refractivity contribution is 7.90. The molecule has 0 N–H and O–H groups in total. The summed E-state index contributed by atoms with van der Waals surface area (Å²) in [5.41, 5.74) is 1.39. The van der Waals surface area contributed by atoms with E-state index in [0.29, 0.717) is 11.1 Å². The van der Waals surface area contributed by atoms with Crippen LogP contribution in [-0.4, -0.2) is 31.5 Å². The molecule has 0 atom stereocenters. The molecule has 30 heavy (non-hydrogen) atoms. The largest absolute Gasteiger partial charge is 0.465 e. The molecule has 0 spiro atoms. The number of nitrogens with zero attached hydrogens (tertiary/aromatic N) is 2. The zero-order chi connectivity index (χ0) is 21.9. The molecular formula is C22H21FN2O4S. The minimum Gasteiger partial charge on any atom is -0.465 e. The van der Waals surface area contributed by atoms with Crippen molar-refractivity contribution in [3.05, 3.63) is 77.2 Å². The number of methoxy groups -OCH3 is 1. The van der Waals surface area contributed by atoms with Crippen molar-refractivity contribution in [2.75, 3.05) is 7.11 Å². The van der Waals surface area contributed by atoms with Gasteiger partial charge in [0.1, 0.15) is 11.4 Å². The van der Waals surface area contributed by atoms with E-state index in [-0.39, 0.29) is 33.8 Å². The van der Waals surface area contributed by atoms with Crippen LogP contribution < -0.4 is 0 Å². The van der Waals surface area contributed by atoms with Gasteiger partial charge in [0.05, 0.1) is 24.3 Å². The molecule has 0 aliphatic heterocycles. The molecular weight excluding hydrogens is 407 g/mol. The lowest BCUT2D eigenvalue weighted by atomic mass is 9.98. The summed E-state index contributed by atoms with van der Waals surface area (Å²) >= 11 is 0. The SMILES string of the molecule is COC(=O)c1c(-c2ccc(F)cc2)nc(S(=O)(=O)Cc2ccccc2)nc1C(C)C. The van der Waals surface area contributed by atoms with E-state index in [4.69, 9.17) is 4.74 Å². The maximum absolute atomic E-state index is 13.4. The number of carbonyl (C=O) groups is 1. The van der Waals surface area contributed by atoms with Gasteiger partial charge in [0, 0.05) is 5.56 Å². The van der Waals surface area contributed by atoms with E-state index in [1.807, 2.05) is 0 Å². The van der Waals surface area contributed by atoms with Gasteiger partial charge in [0.25, 0.3) is 0 Å². The number of sulfone groups is 1. The van der Waals surface area contributed by atoms with Gasteiger partial charge in [-0.15, -0.1) is 0 Å². The van der Waals surface area contributed by atoms with Crippen LogP contribution in [0.25, 0.3) is 11.3 Å². The first-order valence-corrected chi connectivity index (χ1v) is 10.9. The third kappa shape index (κ3) is 4.54. The lowest BCUT2D eigenvalue weighted by molar-refractivity contribution is 0.0598. The Morgan fingerprint density at radius 3 is 2.23 bits per heavy atom. The molecule has 156 valence electrons. The minimum atomic E-state index is -3.91. The molecule has 3 aromatic rings. The summed E-state index contributed by atoms with van der Waals surface area (Å²) in [5, 5.41) is -0.387. The number of hydrogen-bond donors (Lipinski definition) is 0. The van der Waals surface area contributed by atoms with E-state index >= 15 is 0 Å². The average molecular weight is 428 g/mol. The number of esters is 1. The van der Waals surface area contributed by atoms with Gasteiger partial charge in [-0.1, -0.05) is 44.2 Å². The standard InChI is InChI=1S/C22H21FN2O4S/c1-14(2)19-18(21(26)29-3)20(16-9-11-17(23)12-10-16)25-22(24-19)30(27,28)13-15-7-5-4-6-8-15/h4-12,14H,13H2,1-3H3. The molecule has 0 fully saturated rings. The molecule has 1 aromatic heterocycles. The first kappa shape index (κ1) is 21.6. The highest BCUT2D eigenvalue weighted by Crippen LogP contribution is 2.30. The fourth-order valence-electron chi connectivity index (χ4n) is 2.99. The van der Waals surface area contributed by atoms with Crippen LogP contribution in [0.2, 0.25) is 0 Å². The van der Waals surface area contributed by atoms with Crippen LogP contribution in [0.3, 0.4) is 0 Å². The van der Waals surface area contributed by atoms with Gasteiger partial charge < -0.3 is 4.74 Å². The third-order valence-corrected chi connectivity index (χ3v) is 5.90. The van der Waals surface area contributed by atoms with Crippen LogP contribution >= 0.6 is 0 Å². The van der Waals surface area contributed by atoms with E-state index in [1.165, 1.54) is 31.4 Å². The summed E-state index contributed by atoms with van der Waals surface area (Å²) in [7, 11) is -2.68. The van der Waals surface area contributed by atoms with E-state index in [1.54, 1.807) is 44.2 Å². The second-order valence-electron chi connectivity index (χ2n) is 7.01. The van der Waals surface area contributed by atoms with Gasteiger partial charge in [-0.3, -0.25) is 0 Å². The summed E-state index contributed by atoms with van der Waals surface area (Å²) in [6, 6.07) is 14.0. The van der Waals surface area contributed by atoms with Gasteiger partial charge in [-0.05, 0) is 35.7 Å². The van der Waals surface area contributed by atoms with Crippen molar-refractivity contribution < 1.29 is 22.3 Å². The molecule has 6 nitrogen and oxygen atoms in total. The molecule has 0 aliphatic carbocycles. The summed E-state index contributed by atoms with van der Waals surface area (Å²) in [5.74, 6) is -1.73. The summed E-state index contributed by atoms with van der Waals surface area (Å²) < 4.78 is 44.4. The van der Waals surface area contributed by atoms with Crippen LogP contribution in [0, 0.1) is 5.82 Å². The fourth-order valence-corrected chi connectivity index (χ4v) is 4.22. The highest BCUT2D eigenvalue weighted by atomic mass is 32.2.